The minimum Gasteiger partial charge on any atom is -0.481 e. The number of hydrogen-bond donors (Lipinski definition) is 3. The molecule has 1 amide bonds. The van der Waals surface area contributed by atoms with E-state index in [4.69, 9.17) is 0 Å². The number of carbonyl (C=O) groups is 2. The third kappa shape index (κ3) is 4.56. The van der Waals surface area contributed by atoms with Gasteiger partial charge in [0.1, 0.15) is 5.56 Å². The molecule has 2 aromatic rings. The first-order valence-electron chi connectivity index (χ1n) is 8.63. The normalized spacial score (nSPS) is 11.8. The first-order chi connectivity index (χ1) is 12.5. The quantitative estimate of drug-likeness (QED) is 0.664. The van der Waals surface area contributed by atoms with Crippen molar-refractivity contribution in [3.63, 3.8) is 0 Å². The molecule has 0 aliphatic heterocycles. The molecule has 0 bridgehead atoms. The van der Waals surface area contributed by atoms with Gasteiger partial charge in [-0.1, -0.05) is 44.2 Å². The second-order valence-corrected chi connectivity index (χ2v) is 5.99. The Labute approximate surface area is 151 Å². The Kier molecular flexibility index (Phi) is 6.66. The summed E-state index contributed by atoms with van der Waals surface area (Å²) >= 11 is 0. The minimum atomic E-state index is -0.997. The lowest BCUT2D eigenvalue weighted by Gasteiger charge is -2.15. The first kappa shape index (κ1) is 19.4. The molecule has 3 N–H and O–H groups in total. The van der Waals surface area contributed by atoms with Crippen molar-refractivity contribution in [2.45, 2.75) is 33.1 Å². The predicted octanol–water partition coefficient (Wildman–Crippen LogP) is 1.57. The molecule has 0 spiro atoms. The van der Waals surface area contributed by atoms with E-state index >= 15 is 0 Å². The largest absolute Gasteiger partial charge is 0.481 e. The van der Waals surface area contributed by atoms with Crippen LogP contribution in [0.3, 0.4) is 0 Å². The molecule has 1 aromatic heterocycles. The number of aliphatic carboxylic acids is 1. The number of aromatic amines is 1. The summed E-state index contributed by atoms with van der Waals surface area (Å²) in [5.41, 5.74) is 1.59. The lowest BCUT2D eigenvalue weighted by atomic mass is 9.99. The number of carboxylic acids is 1. The van der Waals surface area contributed by atoms with E-state index in [1.165, 1.54) is 0 Å². The van der Waals surface area contributed by atoms with Crippen molar-refractivity contribution < 1.29 is 14.7 Å². The Morgan fingerprint density at radius 2 is 1.88 bits per heavy atom. The number of aromatic nitrogens is 2. The van der Waals surface area contributed by atoms with Crippen LogP contribution in [0.15, 0.2) is 35.1 Å². The highest BCUT2D eigenvalue weighted by molar-refractivity contribution is 5.95. The van der Waals surface area contributed by atoms with Crippen molar-refractivity contribution in [2.24, 2.45) is 5.92 Å². The molecule has 26 heavy (non-hydrogen) atoms. The topological polar surface area (TPSA) is 112 Å². The van der Waals surface area contributed by atoms with Gasteiger partial charge in [0.2, 0.25) is 0 Å². The van der Waals surface area contributed by atoms with E-state index < -0.39 is 23.4 Å². The Balaban J connectivity index is 2.16. The first-order valence-corrected chi connectivity index (χ1v) is 8.63. The van der Waals surface area contributed by atoms with Crippen LogP contribution in [0, 0.1) is 5.92 Å². The Morgan fingerprint density at radius 1 is 1.19 bits per heavy atom. The summed E-state index contributed by atoms with van der Waals surface area (Å²) in [5.74, 6) is -2.35. The monoisotopic (exact) mass is 357 g/mol. The van der Waals surface area contributed by atoms with Crippen LogP contribution in [0.1, 0.15) is 41.0 Å². The van der Waals surface area contributed by atoms with Crippen LogP contribution in [-0.4, -0.2) is 33.7 Å². The fraction of sp³-hybridized carbons (Fsp3) is 0.368. The number of amides is 1. The average molecular weight is 357 g/mol. The number of H-pyrrole nitrogens is 1. The number of nitrogens with one attached hydrogen (secondary N) is 2. The Bertz CT molecular complexity index is 830. The number of aryl methyl sites for hydroxylation is 1. The highest BCUT2D eigenvalue weighted by atomic mass is 16.4. The summed E-state index contributed by atoms with van der Waals surface area (Å²) < 4.78 is 0. The van der Waals surface area contributed by atoms with E-state index in [0.717, 1.165) is 5.56 Å². The molecule has 0 saturated heterocycles. The van der Waals surface area contributed by atoms with E-state index in [1.54, 1.807) is 0 Å². The van der Waals surface area contributed by atoms with Crippen molar-refractivity contribution in [2.75, 3.05) is 6.54 Å². The van der Waals surface area contributed by atoms with E-state index in [-0.39, 0.29) is 12.1 Å². The maximum absolute atomic E-state index is 12.5. The summed E-state index contributed by atoms with van der Waals surface area (Å²) in [5, 5.41) is 18.3. The smallest absolute Gasteiger partial charge is 0.308 e. The molecule has 1 unspecified atom stereocenters. The van der Waals surface area contributed by atoms with Crippen molar-refractivity contribution in [1.29, 1.82) is 0 Å². The molecule has 0 radical (unpaired) electrons. The second kappa shape index (κ2) is 8.94. The van der Waals surface area contributed by atoms with Gasteiger partial charge >= 0.3 is 5.97 Å². The third-order valence-electron chi connectivity index (χ3n) is 4.27. The fourth-order valence-corrected chi connectivity index (χ4v) is 2.89. The van der Waals surface area contributed by atoms with E-state index in [1.807, 2.05) is 44.2 Å². The van der Waals surface area contributed by atoms with E-state index in [2.05, 4.69) is 15.5 Å². The van der Waals surface area contributed by atoms with Crippen molar-refractivity contribution >= 4 is 11.9 Å². The molecule has 0 saturated carbocycles. The zero-order chi connectivity index (χ0) is 19.1. The van der Waals surface area contributed by atoms with Crippen LogP contribution in [0.4, 0.5) is 0 Å². The summed E-state index contributed by atoms with van der Waals surface area (Å²) in [4.78, 5) is 36.1. The van der Waals surface area contributed by atoms with Crippen molar-refractivity contribution in [3.05, 3.63) is 63.1 Å². The number of carboxylic acid groups (broad SMARTS) is 1. The van der Waals surface area contributed by atoms with Gasteiger partial charge in [-0.15, -0.1) is 0 Å². The number of benzene rings is 1. The maximum atomic E-state index is 12.5. The van der Waals surface area contributed by atoms with Gasteiger partial charge < -0.3 is 10.4 Å². The van der Waals surface area contributed by atoms with Gasteiger partial charge in [-0.05, 0) is 30.4 Å². The Hall–Kier alpha value is -2.96. The highest BCUT2D eigenvalue weighted by Gasteiger charge is 2.22. The molecule has 0 aliphatic carbocycles. The van der Waals surface area contributed by atoms with E-state index in [9.17, 15) is 19.5 Å². The minimum absolute atomic E-state index is 0.0169. The summed E-state index contributed by atoms with van der Waals surface area (Å²) in [6.07, 6.45) is 1.38. The van der Waals surface area contributed by atoms with Gasteiger partial charge in [-0.25, -0.2) is 5.10 Å². The third-order valence-corrected chi connectivity index (χ3v) is 4.27. The standard InChI is InChI=1S/C19H23N3O4/c1-3-14-15(4-2)21-22-18(24)16(14)17(23)20-11-13(19(25)26)10-12-8-6-5-7-9-12/h5-9,13H,3-4,10-11H2,1-2H3,(H,20,23)(H,22,24)(H,25,26). The van der Waals surface area contributed by atoms with Gasteiger partial charge in [-0.3, -0.25) is 14.4 Å². The second-order valence-electron chi connectivity index (χ2n) is 5.99. The zero-order valence-corrected chi connectivity index (χ0v) is 14.9. The van der Waals surface area contributed by atoms with Crippen LogP contribution < -0.4 is 10.9 Å². The molecule has 138 valence electrons. The SMILES string of the molecule is CCc1n[nH]c(=O)c(C(=O)NCC(Cc2ccccc2)C(=O)O)c1CC. The molecule has 1 heterocycles. The molecular formula is C19H23N3O4. The average Bonchev–Trinajstić information content (AvgIpc) is 2.64. The number of hydrogen-bond acceptors (Lipinski definition) is 4. The van der Waals surface area contributed by atoms with Crippen molar-refractivity contribution in [3.8, 4) is 0 Å². The predicted molar refractivity (Wildman–Crippen MR) is 97.2 cm³/mol. The molecule has 1 aromatic carbocycles. The van der Waals surface area contributed by atoms with E-state index in [0.29, 0.717) is 30.5 Å². The zero-order valence-electron chi connectivity index (χ0n) is 14.9. The molecule has 7 nitrogen and oxygen atoms in total. The molecule has 7 heteroatoms. The summed E-state index contributed by atoms with van der Waals surface area (Å²) in [6, 6.07) is 9.21. The number of carbonyl (C=O) groups excluding carboxylic acids is 1. The number of rotatable bonds is 8. The lowest BCUT2D eigenvalue weighted by molar-refractivity contribution is -0.141. The van der Waals surface area contributed by atoms with Crippen LogP contribution in [0.25, 0.3) is 0 Å². The Morgan fingerprint density at radius 3 is 2.46 bits per heavy atom. The molecule has 2 rings (SSSR count). The molecule has 0 aliphatic rings. The summed E-state index contributed by atoms with van der Waals surface area (Å²) in [6.45, 7) is 3.68. The molecular weight excluding hydrogens is 334 g/mol. The fourth-order valence-electron chi connectivity index (χ4n) is 2.89. The van der Waals surface area contributed by atoms with Gasteiger partial charge in [0.25, 0.3) is 11.5 Å². The molecule has 1 atom stereocenters. The lowest BCUT2D eigenvalue weighted by Crippen LogP contribution is -2.37. The van der Waals surface area contributed by atoms with Crippen LogP contribution in [-0.2, 0) is 24.1 Å². The van der Waals surface area contributed by atoms with Gasteiger partial charge in [-0.2, -0.15) is 5.10 Å². The van der Waals surface area contributed by atoms with Crippen LogP contribution >= 0.6 is 0 Å². The summed E-state index contributed by atoms with van der Waals surface area (Å²) in [7, 11) is 0. The van der Waals surface area contributed by atoms with Gasteiger partial charge in [0.15, 0.2) is 0 Å². The molecule has 0 fully saturated rings. The number of nitrogens with zero attached hydrogens (tertiary/aromatic N) is 1. The maximum Gasteiger partial charge on any atom is 0.308 e. The van der Waals surface area contributed by atoms with Gasteiger partial charge in [0.05, 0.1) is 11.6 Å². The van der Waals surface area contributed by atoms with Crippen molar-refractivity contribution in [1.82, 2.24) is 15.5 Å². The van der Waals surface area contributed by atoms with Crippen LogP contribution in [0.2, 0.25) is 0 Å². The van der Waals surface area contributed by atoms with Gasteiger partial charge in [0, 0.05) is 6.54 Å². The van der Waals surface area contributed by atoms with Crippen LogP contribution in [0.5, 0.6) is 0 Å². The highest BCUT2D eigenvalue weighted by Crippen LogP contribution is 2.12.